The molecule has 0 aliphatic carbocycles. The van der Waals surface area contributed by atoms with Gasteiger partial charge in [-0.2, -0.15) is 5.10 Å². The molecule has 2 nitrogen and oxygen atoms in total. The molecule has 0 fully saturated rings. The summed E-state index contributed by atoms with van der Waals surface area (Å²) in [5.41, 5.74) is 3.25. The number of nitrogens with zero attached hydrogens (tertiary/aromatic N) is 2. The van der Waals surface area contributed by atoms with E-state index >= 15 is 0 Å². The smallest absolute Gasteiger partial charge is 0.0648 e. The number of para-hydroxylation sites is 1. The highest BCUT2D eigenvalue weighted by Gasteiger charge is 2.05. The van der Waals surface area contributed by atoms with Gasteiger partial charge in [0.15, 0.2) is 0 Å². The standard InChI is InChI=1S/C11H11ClN2/c1-9-10(7-12)8-13-14(9)11-5-3-2-4-6-11/h2-6,8H,7H2,1H3. The molecule has 1 aromatic heterocycles. The number of rotatable bonds is 2. The van der Waals surface area contributed by atoms with Crippen molar-refractivity contribution in [2.24, 2.45) is 0 Å². The zero-order valence-electron chi connectivity index (χ0n) is 7.94. The summed E-state index contributed by atoms with van der Waals surface area (Å²) >= 11 is 5.78. The minimum absolute atomic E-state index is 0.513. The van der Waals surface area contributed by atoms with Gasteiger partial charge in [0.2, 0.25) is 0 Å². The van der Waals surface area contributed by atoms with Crippen LogP contribution in [0.1, 0.15) is 11.3 Å². The van der Waals surface area contributed by atoms with E-state index in [-0.39, 0.29) is 0 Å². The van der Waals surface area contributed by atoms with Crippen LogP contribution < -0.4 is 0 Å². The van der Waals surface area contributed by atoms with E-state index in [0.717, 1.165) is 16.9 Å². The van der Waals surface area contributed by atoms with Gasteiger partial charge in [-0.05, 0) is 19.1 Å². The number of hydrogen-bond acceptors (Lipinski definition) is 1. The summed E-state index contributed by atoms with van der Waals surface area (Å²) < 4.78 is 1.90. The second-order valence-electron chi connectivity index (χ2n) is 3.14. The summed E-state index contributed by atoms with van der Waals surface area (Å²) in [7, 11) is 0. The molecule has 2 aromatic rings. The van der Waals surface area contributed by atoms with Gasteiger partial charge in [-0.25, -0.2) is 4.68 Å². The summed E-state index contributed by atoms with van der Waals surface area (Å²) in [6, 6.07) is 10.0. The van der Waals surface area contributed by atoms with Gasteiger partial charge in [0.05, 0.1) is 17.8 Å². The van der Waals surface area contributed by atoms with Gasteiger partial charge in [0, 0.05) is 11.3 Å². The molecule has 0 saturated carbocycles. The van der Waals surface area contributed by atoms with Crippen LogP contribution in [0.5, 0.6) is 0 Å². The fourth-order valence-corrected chi connectivity index (χ4v) is 1.67. The average molecular weight is 207 g/mol. The highest BCUT2D eigenvalue weighted by molar-refractivity contribution is 6.17. The molecule has 0 amide bonds. The fourth-order valence-electron chi connectivity index (χ4n) is 1.40. The molecule has 0 atom stereocenters. The number of aromatic nitrogens is 2. The summed E-state index contributed by atoms with van der Waals surface area (Å²) in [4.78, 5) is 0. The summed E-state index contributed by atoms with van der Waals surface area (Å²) in [6.07, 6.45) is 1.81. The van der Waals surface area contributed by atoms with Crippen LogP contribution in [0.4, 0.5) is 0 Å². The Morgan fingerprint density at radius 3 is 2.57 bits per heavy atom. The van der Waals surface area contributed by atoms with Gasteiger partial charge < -0.3 is 0 Å². The van der Waals surface area contributed by atoms with E-state index in [2.05, 4.69) is 5.10 Å². The molecule has 0 unspecified atom stereocenters. The maximum absolute atomic E-state index is 5.78. The monoisotopic (exact) mass is 206 g/mol. The molecule has 0 bridgehead atoms. The summed E-state index contributed by atoms with van der Waals surface area (Å²) in [5, 5.41) is 4.29. The lowest BCUT2D eigenvalue weighted by Crippen LogP contribution is -1.98. The first-order valence-corrected chi connectivity index (χ1v) is 5.01. The minimum Gasteiger partial charge on any atom is -0.238 e. The van der Waals surface area contributed by atoms with Gasteiger partial charge in [-0.15, -0.1) is 11.6 Å². The maximum Gasteiger partial charge on any atom is 0.0648 e. The third kappa shape index (κ3) is 1.53. The minimum atomic E-state index is 0.513. The van der Waals surface area contributed by atoms with Crippen LogP contribution >= 0.6 is 11.6 Å². The van der Waals surface area contributed by atoms with E-state index in [1.165, 1.54) is 0 Å². The van der Waals surface area contributed by atoms with E-state index < -0.39 is 0 Å². The van der Waals surface area contributed by atoms with Gasteiger partial charge >= 0.3 is 0 Å². The predicted molar refractivity (Wildman–Crippen MR) is 57.9 cm³/mol. The second kappa shape index (κ2) is 3.84. The normalized spacial score (nSPS) is 10.4. The Bertz CT molecular complexity index is 420. The van der Waals surface area contributed by atoms with E-state index in [4.69, 9.17) is 11.6 Å². The number of hydrogen-bond donors (Lipinski definition) is 0. The number of halogens is 1. The first-order chi connectivity index (χ1) is 6.83. The highest BCUT2D eigenvalue weighted by atomic mass is 35.5. The lowest BCUT2D eigenvalue weighted by molar-refractivity contribution is 0.845. The molecule has 1 aromatic carbocycles. The molecule has 3 heteroatoms. The Morgan fingerprint density at radius 2 is 2.00 bits per heavy atom. The van der Waals surface area contributed by atoms with E-state index in [1.807, 2.05) is 48.1 Å². The third-order valence-corrected chi connectivity index (χ3v) is 2.54. The Morgan fingerprint density at radius 1 is 1.29 bits per heavy atom. The molecule has 0 N–H and O–H groups in total. The van der Waals surface area contributed by atoms with Crippen LogP contribution in [0.15, 0.2) is 36.5 Å². The van der Waals surface area contributed by atoms with Crippen LogP contribution in [0, 0.1) is 6.92 Å². The van der Waals surface area contributed by atoms with Gasteiger partial charge in [0.25, 0.3) is 0 Å². The van der Waals surface area contributed by atoms with Gasteiger partial charge in [0.1, 0.15) is 0 Å². The van der Waals surface area contributed by atoms with Crippen molar-refractivity contribution in [3.05, 3.63) is 47.8 Å². The average Bonchev–Trinajstić information content (AvgIpc) is 2.61. The quantitative estimate of drug-likeness (QED) is 0.691. The van der Waals surface area contributed by atoms with E-state index in [1.54, 1.807) is 0 Å². The first-order valence-electron chi connectivity index (χ1n) is 4.48. The molecule has 0 radical (unpaired) electrons. The molecule has 0 aliphatic rings. The zero-order valence-corrected chi connectivity index (χ0v) is 8.70. The van der Waals surface area contributed by atoms with Crippen molar-refractivity contribution >= 4 is 11.6 Å². The number of alkyl halides is 1. The third-order valence-electron chi connectivity index (χ3n) is 2.26. The SMILES string of the molecule is Cc1c(CCl)cnn1-c1ccccc1. The van der Waals surface area contributed by atoms with Crippen LogP contribution in [0.3, 0.4) is 0 Å². The van der Waals surface area contributed by atoms with Crippen LogP contribution in [0.2, 0.25) is 0 Å². The first kappa shape index (κ1) is 9.28. The van der Waals surface area contributed by atoms with E-state index in [9.17, 15) is 0 Å². The van der Waals surface area contributed by atoms with Crippen molar-refractivity contribution in [3.8, 4) is 5.69 Å². The Kier molecular flexibility index (Phi) is 2.55. The van der Waals surface area contributed by atoms with Crippen LogP contribution in [-0.2, 0) is 5.88 Å². The molecule has 0 spiro atoms. The Labute approximate surface area is 88.1 Å². The van der Waals surface area contributed by atoms with Gasteiger partial charge in [-0.3, -0.25) is 0 Å². The molecule has 72 valence electrons. The number of benzene rings is 1. The van der Waals surface area contributed by atoms with Crippen molar-refractivity contribution in [2.75, 3.05) is 0 Å². The van der Waals surface area contributed by atoms with Crippen molar-refractivity contribution < 1.29 is 0 Å². The van der Waals surface area contributed by atoms with Crippen molar-refractivity contribution in [1.29, 1.82) is 0 Å². The van der Waals surface area contributed by atoms with Crippen molar-refractivity contribution in [3.63, 3.8) is 0 Å². The molecular weight excluding hydrogens is 196 g/mol. The molecule has 0 aliphatic heterocycles. The fraction of sp³-hybridized carbons (Fsp3) is 0.182. The zero-order chi connectivity index (χ0) is 9.97. The molecular formula is C11H11ClN2. The molecule has 14 heavy (non-hydrogen) atoms. The molecule has 1 heterocycles. The van der Waals surface area contributed by atoms with Gasteiger partial charge in [-0.1, -0.05) is 18.2 Å². The predicted octanol–water partition coefficient (Wildman–Crippen LogP) is 2.92. The lowest BCUT2D eigenvalue weighted by Gasteiger charge is -2.03. The maximum atomic E-state index is 5.78. The molecule has 2 rings (SSSR count). The lowest BCUT2D eigenvalue weighted by atomic mass is 10.3. The Balaban J connectivity index is 2.48. The summed E-state index contributed by atoms with van der Waals surface area (Å²) in [5.74, 6) is 0.513. The Hall–Kier alpha value is -1.28. The topological polar surface area (TPSA) is 17.8 Å². The van der Waals surface area contributed by atoms with Crippen molar-refractivity contribution in [2.45, 2.75) is 12.8 Å². The largest absolute Gasteiger partial charge is 0.238 e. The van der Waals surface area contributed by atoms with E-state index in [0.29, 0.717) is 5.88 Å². The second-order valence-corrected chi connectivity index (χ2v) is 3.40. The highest BCUT2D eigenvalue weighted by Crippen LogP contribution is 2.14. The van der Waals surface area contributed by atoms with Crippen molar-refractivity contribution in [1.82, 2.24) is 9.78 Å². The van der Waals surface area contributed by atoms with Crippen LogP contribution in [-0.4, -0.2) is 9.78 Å². The summed E-state index contributed by atoms with van der Waals surface area (Å²) in [6.45, 7) is 2.03. The van der Waals surface area contributed by atoms with Crippen LogP contribution in [0.25, 0.3) is 5.69 Å². The molecule has 0 saturated heterocycles.